The molecule has 0 aliphatic carbocycles. The number of rotatable bonds is 9. The van der Waals surface area contributed by atoms with E-state index in [4.69, 9.17) is 23.7 Å². The van der Waals surface area contributed by atoms with Crippen LogP contribution in [0.25, 0.3) is 0 Å². The largest absolute Gasteiger partial charge is 0.497 e. The zero-order valence-corrected chi connectivity index (χ0v) is 15.7. The highest BCUT2D eigenvalue weighted by Gasteiger charge is 2.13. The summed E-state index contributed by atoms with van der Waals surface area (Å²) in [5.41, 5.74) is 2.11. The number of methoxy groups -OCH3 is 2. The van der Waals surface area contributed by atoms with Crippen molar-refractivity contribution in [3.8, 4) is 23.0 Å². The van der Waals surface area contributed by atoms with Crippen LogP contribution in [0.2, 0.25) is 0 Å². The molecule has 1 aliphatic rings. The van der Waals surface area contributed by atoms with Gasteiger partial charge in [-0.25, -0.2) is 0 Å². The topological polar surface area (TPSA) is 63.2 Å². The summed E-state index contributed by atoms with van der Waals surface area (Å²) in [6.07, 6.45) is 2.48. The molecular weight excluding hydrogens is 348 g/mol. The Morgan fingerprint density at radius 1 is 0.926 bits per heavy atom. The van der Waals surface area contributed by atoms with E-state index in [1.54, 1.807) is 20.3 Å². The van der Waals surface area contributed by atoms with Crippen LogP contribution >= 0.6 is 0 Å². The van der Waals surface area contributed by atoms with Crippen molar-refractivity contribution in [1.29, 1.82) is 0 Å². The number of aryl methyl sites for hydroxylation is 2. The molecule has 0 N–H and O–H groups in total. The van der Waals surface area contributed by atoms with Gasteiger partial charge < -0.3 is 23.7 Å². The summed E-state index contributed by atoms with van der Waals surface area (Å²) in [5.74, 6) is 2.77. The van der Waals surface area contributed by atoms with Crippen LogP contribution < -0.4 is 18.9 Å². The van der Waals surface area contributed by atoms with Crippen LogP contribution in [-0.4, -0.2) is 33.6 Å². The monoisotopic (exact) mass is 372 g/mol. The van der Waals surface area contributed by atoms with E-state index in [1.807, 2.05) is 30.3 Å². The zero-order chi connectivity index (χ0) is 19.1. The smallest absolute Gasteiger partial charge is 0.306 e. The second-order valence-electron chi connectivity index (χ2n) is 6.23. The number of hydrogen-bond acceptors (Lipinski definition) is 6. The standard InChI is InChI=1S/C21H24O6/c1-23-17-10-16(11-18(13-17)24-2)6-8-21(22)25-9-3-4-15-5-7-19-20(12-15)27-14-26-19/h5,7,10-13H,3-4,6,8-9,14H2,1-2H3. The first-order valence-electron chi connectivity index (χ1n) is 8.94. The minimum Gasteiger partial charge on any atom is -0.497 e. The number of esters is 1. The summed E-state index contributed by atoms with van der Waals surface area (Å²) < 4.78 is 26.5. The summed E-state index contributed by atoms with van der Waals surface area (Å²) in [4.78, 5) is 12.0. The fraction of sp³-hybridized carbons (Fsp3) is 0.381. The molecule has 1 heterocycles. The lowest BCUT2D eigenvalue weighted by Crippen LogP contribution is -2.08. The first-order valence-corrected chi connectivity index (χ1v) is 8.94. The molecule has 0 bridgehead atoms. The molecule has 0 unspecified atom stereocenters. The molecule has 0 aromatic heterocycles. The van der Waals surface area contributed by atoms with Crippen LogP contribution in [0, 0.1) is 0 Å². The lowest BCUT2D eigenvalue weighted by atomic mass is 10.1. The summed E-state index contributed by atoms with van der Waals surface area (Å²) in [7, 11) is 3.21. The van der Waals surface area contributed by atoms with Crippen LogP contribution in [0.1, 0.15) is 24.0 Å². The van der Waals surface area contributed by atoms with Gasteiger partial charge in [-0.3, -0.25) is 4.79 Å². The summed E-state index contributed by atoms with van der Waals surface area (Å²) in [6, 6.07) is 11.5. The molecule has 144 valence electrons. The average Bonchev–Trinajstić information content (AvgIpc) is 3.17. The predicted octanol–water partition coefficient (Wildman–Crippen LogP) is 3.54. The van der Waals surface area contributed by atoms with E-state index < -0.39 is 0 Å². The maximum Gasteiger partial charge on any atom is 0.306 e. The molecule has 0 fully saturated rings. The minimum absolute atomic E-state index is 0.206. The molecule has 0 saturated carbocycles. The highest BCUT2D eigenvalue weighted by Crippen LogP contribution is 2.32. The van der Waals surface area contributed by atoms with Crippen LogP contribution in [-0.2, 0) is 22.4 Å². The highest BCUT2D eigenvalue weighted by molar-refractivity contribution is 5.69. The second-order valence-corrected chi connectivity index (χ2v) is 6.23. The van der Waals surface area contributed by atoms with Gasteiger partial charge >= 0.3 is 5.97 Å². The van der Waals surface area contributed by atoms with Crippen LogP contribution in [0.15, 0.2) is 36.4 Å². The van der Waals surface area contributed by atoms with E-state index in [0.717, 1.165) is 35.5 Å². The van der Waals surface area contributed by atoms with Gasteiger partial charge in [-0.1, -0.05) is 6.07 Å². The van der Waals surface area contributed by atoms with Gasteiger partial charge in [0.15, 0.2) is 11.5 Å². The molecule has 0 saturated heterocycles. The van der Waals surface area contributed by atoms with Gasteiger partial charge in [0.1, 0.15) is 11.5 Å². The number of benzene rings is 2. The summed E-state index contributed by atoms with van der Waals surface area (Å²) >= 11 is 0. The molecule has 3 rings (SSSR count). The first kappa shape index (κ1) is 18.9. The van der Waals surface area contributed by atoms with Crippen LogP contribution in [0.5, 0.6) is 23.0 Å². The third-order valence-corrected chi connectivity index (χ3v) is 4.34. The Labute approximate surface area is 158 Å². The van der Waals surface area contributed by atoms with E-state index in [0.29, 0.717) is 30.9 Å². The van der Waals surface area contributed by atoms with E-state index in [-0.39, 0.29) is 12.8 Å². The number of ether oxygens (including phenoxy) is 5. The van der Waals surface area contributed by atoms with Crippen molar-refractivity contribution in [2.75, 3.05) is 27.6 Å². The first-order chi connectivity index (χ1) is 13.2. The Bertz CT molecular complexity index is 764. The van der Waals surface area contributed by atoms with Crippen LogP contribution in [0.3, 0.4) is 0 Å². The number of hydrogen-bond donors (Lipinski definition) is 0. The lowest BCUT2D eigenvalue weighted by molar-refractivity contribution is -0.143. The Balaban J connectivity index is 1.39. The summed E-state index contributed by atoms with van der Waals surface area (Å²) in [5, 5.41) is 0. The van der Waals surface area contributed by atoms with Crippen molar-refractivity contribution in [3.05, 3.63) is 47.5 Å². The summed E-state index contributed by atoms with van der Waals surface area (Å²) in [6.45, 7) is 0.671. The zero-order valence-electron chi connectivity index (χ0n) is 15.7. The van der Waals surface area contributed by atoms with E-state index >= 15 is 0 Å². The molecule has 27 heavy (non-hydrogen) atoms. The van der Waals surface area contributed by atoms with Gasteiger partial charge in [-0.15, -0.1) is 0 Å². The Hall–Kier alpha value is -2.89. The lowest BCUT2D eigenvalue weighted by Gasteiger charge is -2.09. The molecule has 1 aliphatic heterocycles. The molecular formula is C21H24O6. The Morgan fingerprint density at radius 3 is 2.41 bits per heavy atom. The molecule has 0 radical (unpaired) electrons. The van der Waals surface area contributed by atoms with Crippen molar-refractivity contribution >= 4 is 5.97 Å². The Kier molecular flexibility index (Phi) is 6.41. The van der Waals surface area contributed by atoms with Gasteiger partial charge in [0.05, 0.1) is 20.8 Å². The van der Waals surface area contributed by atoms with Gasteiger partial charge in [0, 0.05) is 12.5 Å². The molecule has 2 aromatic rings. The minimum atomic E-state index is -0.206. The SMILES string of the molecule is COc1cc(CCC(=O)OCCCc2ccc3c(c2)OCO3)cc(OC)c1. The fourth-order valence-electron chi connectivity index (χ4n) is 2.89. The highest BCUT2D eigenvalue weighted by atomic mass is 16.7. The molecule has 0 spiro atoms. The van der Waals surface area contributed by atoms with Gasteiger partial charge in [-0.05, 0) is 54.7 Å². The molecule has 0 atom stereocenters. The van der Waals surface area contributed by atoms with Gasteiger partial charge in [0.25, 0.3) is 0 Å². The normalized spacial score (nSPS) is 11.9. The number of fused-ring (bicyclic) bond motifs is 1. The van der Waals surface area contributed by atoms with Gasteiger partial charge in [0.2, 0.25) is 6.79 Å². The van der Waals surface area contributed by atoms with Crippen molar-refractivity contribution in [2.45, 2.75) is 25.7 Å². The van der Waals surface area contributed by atoms with Crippen LogP contribution in [0.4, 0.5) is 0 Å². The molecule has 6 nitrogen and oxygen atoms in total. The predicted molar refractivity (Wildman–Crippen MR) is 99.7 cm³/mol. The number of carbonyl (C=O) groups is 1. The van der Waals surface area contributed by atoms with Gasteiger partial charge in [-0.2, -0.15) is 0 Å². The maximum absolute atomic E-state index is 12.0. The van der Waals surface area contributed by atoms with E-state index in [9.17, 15) is 4.79 Å². The molecule has 2 aromatic carbocycles. The maximum atomic E-state index is 12.0. The van der Waals surface area contributed by atoms with Crippen molar-refractivity contribution in [2.24, 2.45) is 0 Å². The van der Waals surface area contributed by atoms with Crippen molar-refractivity contribution in [1.82, 2.24) is 0 Å². The second kappa shape index (κ2) is 9.16. The quantitative estimate of drug-likeness (QED) is 0.496. The molecule has 6 heteroatoms. The van der Waals surface area contributed by atoms with Crippen molar-refractivity contribution < 1.29 is 28.5 Å². The third-order valence-electron chi connectivity index (χ3n) is 4.34. The molecule has 0 amide bonds. The Morgan fingerprint density at radius 2 is 1.67 bits per heavy atom. The van der Waals surface area contributed by atoms with Crippen molar-refractivity contribution in [3.63, 3.8) is 0 Å². The number of carbonyl (C=O) groups excluding carboxylic acids is 1. The van der Waals surface area contributed by atoms with E-state index in [2.05, 4.69) is 0 Å². The fourth-order valence-corrected chi connectivity index (χ4v) is 2.89. The van der Waals surface area contributed by atoms with E-state index in [1.165, 1.54) is 0 Å². The third kappa shape index (κ3) is 5.29. The average molecular weight is 372 g/mol.